The van der Waals surface area contributed by atoms with Crippen molar-refractivity contribution in [2.75, 3.05) is 30.9 Å². The van der Waals surface area contributed by atoms with Crippen molar-refractivity contribution < 1.29 is 19.0 Å². The number of hydrogen-bond donors (Lipinski definition) is 2. The van der Waals surface area contributed by atoms with Crippen LogP contribution in [-0.4, -0.2) is 37.3 Å². The van der Waals surface area contributed by atoms with Gasteiger partial charge in [-0.2, -0.15) is 12.6 Å². The van der Waals surface area contributed by atoms with Gasteiger partial charge < -0.3 is 14.2 Å². The number of rotatable bonds is 7. The lowest BCUT2D eigenvalue weighted by molar-refractivity contribution is 0.0636. The normalized spacial score (nSPS) is 11.0. The molecule has 5 nitrogen and oxygen atoms in total. The third-order valence-corrected chi connectivity index (χ3v) is 2.41. The van der Waals surface area contributed by atoms with Gasteiger partial charge in [0, 0.05) is 11.4 Å². The smallest absolute Gasteiger partial charge is 0.412 e. The molecule has 0 heterocycles. The van der Waals surface area contributed by atoms with Crippen molar-refractivity contribution in [2.45, 2.75) is 26.4 Å². The van der Waals surface area contributed by atoms with E-state index in [0.717, 1.165) is 5.75 Å². The van der Waals surface area contributed by atoms with Crippen molar-refractivity contribution in [3.63, 3.8) is 0 Å². The summed E-state index contributed by atoms with van der Waals surface area (Å²) in [4.78, 5) is 11.6. The second kappa shape index (κ2) is 8.79. The third-order valence-electron chi connectivity index (χ3n) is 2.23. The first kappa shape index (κ1) is 17.7. The Kier molecular flexibility index (Phi) is 7.39. The molecule has 0 spiro atoms. The molecule has 0 saturated carbocycles. The van der Waals surface area contributed by atoms with E-state index in [1.807, 2.05) is 20.8 Å². The van der Waals surface area contributed by atoms with Crippen LogP contribution in [0.25, 0.3) is 0 Å². The first-order valence-corrected chi connectivity index (χ1v) is 7.45. The zero-order valence-electron chi connectivity index (χ0n) is 12.7. The van der Waals surface area contributed by atoms with E-state index in [1.165, 1.54) is 0 Å². The average molecular weight is 313 g/mol. The molecule has 0 radical (unpaired) electrons. The van der Waals surface area contributed by atoms with E-state index in [0.29, 0.717) is 31.3 Å². The topological polar surface area (TPSA) is 56.8 Å². The van der Waals surface area contributed by atoms with Crippen LogP contribution in [0.1, 0.15) is 20.8 Å². The van der Waals surface area contributed by atoms with Gasteiger partial charge in [0.2, 0.25) is 0 Å². The van der Waals surface area contributed by atoms with Crippen LogP contribution in [0.4, 0.5) is 10.5 Å². The first-order valence-electron chi connectivity index (χ1n) is 6.82. The fourth-order valence-corrected chi connectivity index (χ4v) is 1.57. The monoisotopic (exact) mass is 313 g/mol. The fraction of sp³-hybridized carbons (Fsp3) is 0.533. The van der Waals surface area contributed by atoms with Crippen LogP contribution in [0.15, 0.2) is 24.3 Å². The largest absolute Gasteiger partial charge is 0.491 e. The molecular formula is C15H23NO4S. The molecule has 21 heavy (non-hydrogen) atoms. The van der Waals surface area contributed by atoms with Crippen molar-refractivity contribution in [1.29, 1.82) is 0 Å². The molecule has 1 aromatic carbocycles. The van der Waals surface area contributed by atoms with Crippen LogP contribution in [0.5, 0.6) is 5.75 Å². The van der Waals surface area contributed by atoms with Gasteiger partial charge in [-0.3, -0.25) is 5.32 Å². The lowest BCUT2D eigenvalue weighted by Gasteiger charge is -2.19. The molecule has 1 aromatic rings. The molecule has 0 saturated heterocycles. The lowest BCUT2D eigenvalue weighted by atomic mass is 10.2. The van der Waals surface area contributed by atoms with Gasteiger partial charge in [-0.1, -0.05) is 0 Å². The Labute approximate surface area is 131 Å². The maximum atomic E-state index is 11.6. The minimum absolute atomic E-state index is 0.476. The van der Waals surface area contributed by atoms with Crippen LogP contribution in [0.2, 0.25) is 0 Å². The molecule has 0 unspecified atom stereocenters. The standard InChI is InChI=1S/C15H23NO4S/c1-15(2,3)20-14(17)16-12-4-6-13(7-5-12)19-9-8-18-10-11-21/h4-7,21H,8-11H2,1-3H3,(H,16,17). The van der Waals surface area contributed by atoms with Crippen LogP contribution in [0, 0.1) is 0 Å². The summed E-state index contributed by atoms with van der Waals surface area (Å²) in [6.45, 7) is 7.08. The minimum Gasteiger partial charge on any atom is -0.491 e. The Bertz CT molecular complexity index is 428. The Morgan fingerprint density at radius 2 is 1.81 bits per heavy atom. The van der Waals surface area contributed by atoms with E-state index in [9.17, 15) is 4.79 Å². The third kappa shape index (κ3) is 8.47. The summed E-state index contributed by atoms with van der Waals surface area (Å²) in [5.74, 6) is 1.42. The van der Waals surface area contributed by atoms with Crippen LogP contribution in [-0.2, 0) is 9.47 Å². The van der Waals surface area contributed by atoms with Gasteiger partial charge in [0.25, 0.3) is 0 Å². The average Bonchev–Trinajstić information content (AvgIpc) is 2.38. The number of nitrogens with one attached hydrogen (secondary N) is 1. The fourth-order valence-electron chi connectivity index (χ4n) is 1.44. The number of benzene rings is 1. The molecule has 0 fully saturated rings. The Morgan fingerprint density at radius 3 is 2.38 bits per heavy atom. The highest BCUT2D eigenvalue weighted by molar-refractivity contribution is 7.80. The van der Waals surface area contributed by atoms with E-state index >= 15 is 0 Å². The molecule has 6 heteroatoms. The molecule has 118 valence electrons. The Morgan fingerprint density at radius 1 is 1.14 bits per heavy atom. The molecular weight excluding hydrogens is 290 g/mol. The number of carbonyl (C=O) groups excluding carboxylic acids is 1. The molecule has 0 bridgehead atoms. The summed E-state index contributed by atoms with van der Waals surface area (Å²) in [5, 5.41) is 2.66. The van der Waals surface area contributed by atoms with E-state index in [4.69, 9.17) is 14.2 Å². The predicted octanol–water partition coefficient (Wildman–Crippen LogP) is 3.36. The van der Waals surface area contributed by atoms with Gasteiger partial charge in [-0.05, 0) is 45.0 Å². The molecule has 0 aromatic heterocycles. The van der Waals surface area contributed by atoms with Gasteiger partial charge in [0.05, 0.1) is 13.2 Å². The van der Waals surface area contributed by atoms with Crippen molar-refractivity contribution in [3.8, 4) is 5.75 Å². The van der Waals surface area contributed by atoms with Gasteiger partial charge in [-0.25, -0.2) is 4.79 Å². The highest BCUT2D eigenvalue weighted by Crippen LogP contribution is 2.17. The van der Waals surface area contributed by atoms with Gasteiger partial charge in [-0.15, -0.1) is 0 Å². The molecule has 0 aliphatic rings. The second-order valence-corrected chi connectivity index (χ2v) is 5.78. The lowest BCUT2D eigenvalue weighted by Crippen LogP contribution is -2.27. The molecule has 0 aliphatic carbocycles. The number of carbonyl (C=O) groups is 1. The van der Waals surface area contributed by atoms with Crippen molar-refractivity contribution in [1.82, 2.24) is 0 Å². The van der Waals surface area contributed by atoms with Crippen molar-refractivity contribution in [3.05, 3.63) is 24.3 Å². The van der Waals surface area contributed by atoms with E-state index in [-0.39, 0.29) is 0 Å². The number of anilines is 1. The molecule has 0 aliphatic heterocycles. The molecule has 0 atom stereocenters. The van der Waals surface area contributed by atoms with Crippen molar-refractivity contribution >= 4 is 24.4 Å². The Balaban J connectivity index is 2.35. The number of hydrogen-bond acceptors (Lipinski definition) is 5. The minimum atomic E-state index is -0.514. The van der Waals surface area contributed by atoms with Crippen molar-refractivity contribution in [2.24, 2.45) is 0 Å². The van der Waals surface area contributed by atoms with Gasteiger partial charge >= 0.3 is 6.09 Å². The molecule has 1 amide bonds. The van der Waals surface area contributed by atoms with Gasteiger partial charge in [0.15, 0.2) is 0 Å². The van der Waals surface area contributed by atoms with E-state index in [1.54, 1.807) is 24.3 Å². The zero-order chi connectivity index (χ0) is 15.7. The number of ether oxygens (including phenoxy) is 3. The van der Waals surface area contributed by atoms with E-state index in [2.05, 4.69) is 17.9 Å². The molecule has 1 N–H and O–H groups in total. The second-order valence-electron chi connectivity index (χ2n) is 5.34. The van der Waals surface area contributed by atoms with E-state index < -0.39 is 11.7 Å². The summed E-state index contributed by atoms with van der Waals surface area (Å²) < 4.78 is 15.9. The highest BCUT2D eigenvalue weighted by atomic mass is 32.1. The van der Waals surface area contributed by atoms with Crippen LogP contribution >= 0.6 is 12.6 Å². The van der Waals surface area contributed by atoms with Gasteiger partial charge in [0.1, 0.15) is 18.0 Å². The number of amides is 1. The summed E-state index contributed by atoms with van der Waals surface area (Å²) in [6.07, 6.45) is -0.476. The SMILES string of the molecule is CC(C)(C)OC(=O)Nc1ccc(OCCOCCS)cc1. The van der Waals surface area contributed by atoms with Crippen LogP contribution < -0.4 is 10.1 Å². The number of thiol groups is 1. The Hall–Kier alpha value is -1.40. The quantitative estimate of drug-likeness (QED) is 0.599. The summed E-state index contributed by atoms with van der Waals surface area (Å²) >= 11 is 4.05. The molecule has 1 rings (SSSR count). The maximum absolute atomic E-state index is 11.6. The predicted molar refractivity (Wildman–Crippen MR) is 86.5 cm³/mol. The first-order chi connectivity index (χ1) is 9.90. The summed E-state index contributed by atoms with van der Waals surface area (Å²) in [5.41, 5.74) is 0.142. The van der Waals surface area contributed by atoms with Crippen LogP contribution in [0.3, 0.4) is 0 Å². The summed E-state index contributed by atoms with van der Waals surface area (Å²) in [6, 6.07) is 7.08. The summed E-state index contributed by atoms with van der Waals surface area (Å²) in [7, 11) is 0. The maximum Gasteiger partial charge on any atom is 0.412 e. The zero-order valence-corrected chi connectivity index (χ0v) is 13.6. The highest BCUT2D eigenvalue weighted by Gasteiger charge is 2.16.